The Kier molecular flexibility index (Phi) is 4.09. The summed E-state index contributed by atoms with van der Waals surface area (Å²) in [5, 5.41) is 2.72. The predicted molar refractivity (Wildman–Crippen MR) is 88.1 cm³/mol. The lowest BCUT2D eigenvalue weighted by molar-refractivity contribution is 0.584. The molecule has 3 rings (SSSR count). The molecule has 0 radical (unpaired) electrons. The summed E-state index contributed by atoms with van der Waals surface area (Å²) in [6.45, 7) is 0. The topological polar surface area (TPSA) is 68.3 Å². The first-order valence-electron chi connectivity index (χ1n) is 6.60. The van der Waals surface area contributed by atoms with Crippen molar-refractivity contribution in [2.24, 2.45) is 0 Å². The molecule has 118 valence electrons. The van der Waals surface area contributed by atoms with Crippen LogP contribution in [-0.4, -0.2) is 16.8 Å². The van der Waals surface area contributed by atoms with E-state index in [2.05, 4.69) is 0 Å². The first-order valence-corrected chi connectivity index (χ1v) is 10.5. The van der Waals surface area contributed by atoms with Crippen LogP contribution in [0.4, 0.5) is 0 Å². The van der Waals surface area contributed by atoms with Crippen molar-refractivity contribution in [2.45, 2.75) is 19.6 Å². The second-order valence-electron chi connectivity index (χ2n) is 4.73. The lowest BCUT2D eigenvalue weighted by Crippen LogP contribution is -2.08. The highest BCUT2D eigenvalue weighted by Crippen LogP contribution is 2.33. The summed E-state index contributed by atoms with van der Waals surface area (Å²) < 4.78 is 50.9. The summed E-state index contributed by atoms with van der Waals surface area (Å²) >= 11 is 1.05. The molecule has 1 heterocycles. The standard InChI is InChI=1S/C16H12O4S3/c17-22(18,13-7-3-1-4-8-13)15-11-21-12-16(15)23(19,20)14-9-5-2-6-10-14/h1-12H. The van der Waals surface area contributed by atoms with Gasteiger partial charge in [-0.2, -0.15) is 0 Å². The summed E-state index contributed by atoms with van der Waals surface area (Å²) in [6, 6.07) is 15.6. The molecular weight excluding hydrogens is 352 g/mol. The van der Waals surface area contributed by atoms with Gasteiger partial charge in [-0.1, -0.05) is 36.4 Å². The number of hydrogen-bond acceptors (Lipinski definition) is 5. The van der Waals surface area contributed by atoms with Gasteiger partial charge in [0.05, 0.1) is 9.79 Å². The van der Waals surface area contributed by atoms with Crippen molar-refractivity contribution in [1.82, 2.24) is 0 Å². The minimum Gasteiger partial charge on any atom is -0.218 e. The summed E-state index contributed by atoms with van der Waals surface area (Å²) in [5.41, 5.74) is 0. The third kappa shape index (κ3) is 2.83. The van der Waals surface area contributed by atoms with Crippen molar-refractivity contribution >= 4 is 31.0 Å². The maximum Gasteiger partial charge on any atom is 0.208 e. The Hall–Kier alpha value is -1.96. The molecule has 0 fully saturated rings. The van der Waals surface area contributed by atoms with Crippen molar-refractivity contribution in [3.05, 3.63) is 71.4 Å². The van der Waals surface area contributed by atoms with Gasteiger partial charge in [0, 0.05) is 10.8 Å². The minimum absolute atomic E-state index is 0.0721. The highest BCUT2D eigenvalue weighted by molar-refractivity contribution is 7.94. The van der Waals surface area contributed by atoms with Gasteiger partial charge in [-0.3, -0.25) is 0 Å². The second-order valence-corrected chi connectivity index (χ2v) is 9.31. The van der Waals surface area contributed by atoms with Gasteiger partial charge in [0.2, 0.25) is 19.7 Å². The van der Waals surface area contributed by atoms with Gasteiger partial charge in [-0.25, -0.2) is 16.8 Å². The molecule has 1 aromatic heterocycles. The van der Waals surface area contributed by atoms with Crippen LogP contribution < -0.4 is 0 Å². The number of benzene rings is 2. The molecule has 0 aliphatic heterocycles. The molecule has 7 heteroatoms. The fourth-order valence-electron chi connectivity index (χ4n) is 2.12. The van der Waals surface area contributed by atoms with Crippen LogP contribution in [0.1, 0.15) is 0 Å². The molecule has 4 nitrogen and oxygen atoms in total. The summed E-state index contributed by atoms with van der Waals surface area (Å²) in [4.78, 5) is -0.221. The van der Waals surface area contributed by atoms with Gasteiger partial charge in [0.1, 0.15) is 9.79 Å². The van der Waals surface area contributed by atoms with Gasteiger partial charge in [0.25, 0.3) is 0 Å². The quantitative estimate of drug-likeness (QED) is 0.711. The summed E-state index contributed by atoms with van der Waals surface area (Å²) in [5.74, 6) is 0. The van der Waals surface area contributed by atoms with E-state index in [0.29, 0.717) is 0 Å². The number of thiophene rings is 1. The number of sulfone groups is 2. The van der Waals surface area contributed by atoms with Crippen molar-refractivity contribution in [1.29, 1.82) is 0 Å². The van der Waals surface area contributed by atoms with Crippen LogP contribution in [0.5, 0.6) is 0 Å². The van der Waals surface area contributed by atoms with Crippen molar-refractivity contribution in [2.75, 3.05) is 0 Å². The first kappa shape index (κ1) is 15.9. The van der Waals surface area contributed by atoms with E-state index >= 15 is 0 Å². The summed E-state index contributed by atoms with van der Waals surface area (Å²) in [6.07, 6.45) is 0. The molecule has 0 spiro atoms. The van der Waals surface area contributed by atoms with E-state index in [-0.39, 0.29) is 19.6 Å². The smallest absolute Gasteiger partial charge is 0.208 e. The average molecular weight is 364 g/mol. The Morgan fingerprint density at radius 1 is 0.565 bits per heavy atom. The molecule has 2 aromatic carbocycles. The largest absolute Gasteiger partial charge is 0.218 e. The van der Waals surface area contributed by atoms with Gasteiger partial charge < -0.3 is 0 Å². The molecule has 0 aliphatic rings. The van der Waals surface area contributed by atoms with Crippen LogP contribution in [0, 0.1) is 0 Å². The van der Waals surface area contributed by atoms with Gasteiger partial charge in [-0.15, -0.1) is 11.3 Å². The SMILES string of the molecule is O=S(=O)(c1ccccc1)c1cscc1S(=O)(=O)c1ccccc1. The Morgan fingerprint density at radius 2 is 0.913 bits per heavy atom. The second kappa shape index (κ2) is 5.92. The molecule has 0 unspecified atom stereocenters. The molecule has 23 heavy (non-hydrogen) atoms. The van der Waals surface area contributed by atoms with E-state index in [4.69, 9.17) is 0 Å². The minimum atomic E-state index is -3.89. The van der Waals surface area contributed by atoms with E-state index in [1.165, 1.54) is 35.0 Å². The number of rotatable bonds is 4. The lowest BCUT2D eigenvalue weighted by atomic mass is 10.4. The van der Waals surface area contributed by atoms with Crippen LogP contribution in [0.25, 0.3) is 0 Å². The summed E-state index contributed by atoms with van der Waals surface area (Å²) in [7, 11) is -7.77. The van der Waals surface area contributed by atoms with Crippen molar-refractivity contribution in [3.63, 3.8) is 0 Å². The Morgan fingerprint density at radius 3 is 1.26 bits per heavy atom. The highest BCUT2D eigenvalue weighted by Gasteiger charge is 2.29. The van der Waals surface area contributed by atoms with Crippen LogP contribution in [0.15, 0.2) is 91.0 Å². The van der Waals surface area contributed by atoms with Crippen LogP contribution in [0.3, 0.4) is 0 Å². The highest BCUT2D eigenvalue weighted by atomic mass is 32.2. The van der Waals surface area contributed by atoms with E-state index in [1.54, 1.807) is 36.4 Å². The van der Waals surface area contributed by atoms with E-state index < -0.39 is 19.7 Å². The lowest BCUT2D eigenvalue weighted by Gasteiger charge is -2.07. The Labute approximate surface area is 138 Å². The molecule has 0 amide bonds. The van der Waals surface area contributed by atoms with Gasteiger partial charge in [0.15, 0.2) is 0 Å². The zero-order valence-corrected chi connectivity index (χ0v) is 14.2. The van der Waals surface area contributed by atoms with Crippen molar-refractivity contribution in [3.8, 4) is 0 Å². The molecular formula is C16H12O4S3. The molecule has 0 N–H and O–H groups in total. The fourth-order valence-corrected chi connectivity index (χ4v) is 7.03. The fraction of sp³-hybridized carbons (Fsp3) is 0. The molecule has 0 saturated carbocycles. The molecule has 3 aromatic rings. The third-order valence-electron chi connectivity index (χ3n) is 3.28. The Bertz CT molecular complexity index is 935. The Balaban J connectivity index is 2.19. The van der Waals surface area contributed by atoms with E-state index in [0.717, 1.165) is 11.3 Å². The predicted octanol–water partition coefficient (Wildman–Crippen LogP) is 3.41. The normalized spacial score (nSPS) is 12.2. The molecule has 0 atom stereocenters. The van der Waals surface area contributed by atoms with E-state index in [9.17, 15) is 16.8 Å². The van der Waals surface area contributed by atoms with Gasteiger partial charge >= 0.3 is 0 Å². The third-order valence-corrected chi connectivity index (χ3v) is 8.07. The van der Waals surface area contributed by atoms with Crippen LogP contribution in [0.2, 0.25) is 0 Å². The average Bonchev–Trinajstić information content (AvgIpc) is 3.08. The van der Waals surface area contributed by atoms with E-state index in [1.807, 2.05) is 0 Å². The maximum absolute atomic E-state index is 12.7. The maximum atomic E-state index is 12.7. The van der Waals surface area contributed by atoms with Gasteiger partial charge in [-0.05, 0) is 24.3 Å². The monoisotopic (exact) mass is 364 g/mol. The zero-order valence-electron chi connectivity index (χ0n) is 11.8. The van der Waals surface area contributed by atoms with Crippen LogP contribution in [-0.2, 0) is 19.7 Å². The van der Waals surface area contributed by atoms with Crippen LogP contribution >= 0.6 is 11.3 Å². The zero-order chi connectivity index (χ0) is 16.5. The number of hydrogen-bond donors (Lipinski definition) is 0. The molecule has 0 bridgehead atoms. The first-order chi connectivity index (χ1) is 10.9. The molecule has 0 saturated heterocycles. The molecule has 0 aliphatic carbocycles. The van der Waals surface area contributed by atoms with Crippen molar-refractivity contribution < 1.29 is 16.8 Å².